The van der Waals surface area contributed by atoms with Crippen LogP contribution < -0.4 is 10.1 Å². The molecule has 0 aromatic heterocycles. The fraction of sp³-hybridized carbons (Fsp3) is 0.480. The number of urea groups is 1. The van der Waals surface area contributed by atoms with E-state index in [1.807, 2.05) is 29.2 Å². The summed E-state index contributed by atoms with van der Waals surface area (Å²) in [4.78, 5) is 16.8. The number of likely N-dealkylation sites (tertiary alicyclic amines) is 1. The molecule has 2 saturated heterocycles. The first kappa shape index (κ1) is 20.7. The summed E-state index contributed by atoms with van der Waals surface area (Å²) >= 11 is 0. The second-order valence-corrected chi connectivity index (χ2v) is 8.50. The van der Waals surface area contributed by atoms with Crippen LogP contribution in [0.2, 0.25) is 0 Å². The van der Waals surface area contributed by atoms with Gasteiger partial charge in [-0.2, -0.15) is 0 Å². The van der Waals surface area contributed by atoms with Gasteiger partial charge < -0.3 is 19.9 Å². The van der Waals surface area contributed by atoms with Crippen molar-refractivity contribution in [1.29, 1.82) is 0 Å². The number of ether oxygens (including phenoxy) is 1. The quantitative estimate of drug-likeness (QED) is 0.655. The average Bonchev–Trinajstić information content (AvgIpc) is 3.14. The maximum absolute atomic E-state index is 12.4. The molecule has 0 saturated carbocycles. The maximum Gasteiger partial charge on any atom is 0.318 e. The van der Waals surface area contributed by atoms with E-state index in [1.54, 1.807) is 0 Å². The number of hydrogen-bond donors (Lipinski definition) is 1. The number of nitrogens with one attached hydrogen (secondary N) is 1. The summed E-state index contributed by atoms with van der Waals surface area (Å²) in [6.45, 7) is 7.75. The van der Waals surface area contributed by atoms with Crippen molar-refractivity contribution in [2.75, 3.05) is 32.8 Å². The number of carbonyl (C=O) groups excluding carboxylic acids is 1. The average molecular weight is 408 g/mol. The fourth-order valence-corrected chi connectivity index (χ4v) is 4.45. The molecule has 5 heteroatoms. The summed E-state index contributed by atoms with van der Waals surface area (Å²) in [5, 5.41) is 3.09. The summed E-state index contributed by atoms with van der Waals surface area (Å²) in [5.74, 6) is 0.949. The van der Waals surface area contributed by atoms with Gasteiger partial charge in [-0.05, 0) is 62.0 Å². The molecule has 2 aliphatic heterocycles. The molecule has 2 aromatic carbocycles. The van der Waals surface area contributed by atoms with Crippen LogP contribution in [-0.2, 0) is 6.54 Å². The van der Waals surface area contributed by atoms with Gasteiger partial charge in [-0.25, -0.2) is 4.79 Å². The van der Waals surface area contributed by atoms with Crippen molar-refractivity contribution in [1.82, 2.24) is 15.1 Å². The fourth-order valence-electron chi connectivity index (χ4n) is 4.45. The second kappa shape index (κ2) is 9.98. The standard InChI is InChI=1S/C25H33N3O2/c1-20-17-21(11-12-24(20)30-16-8-15-27-13-6-3-7-14-27)18-28-19-23(26-25(28)29)22-9-4-2-5-10-22/h2,4-5,9-12,17,23H,3,6-8,13-16,18-19H2,1H3,(H,26,29)/t23-/m1/s1. The third-order valence-corrected chi connectivity index (χ3v) is 6.13. The van der Waals surface area contributed by atoms with Gasteiger partial charge in [-0.1, -0.05) is 48.9 Å². The zero-order chi connectivity index (χ0) is 20.8. The Bertz CT molecular complexity index is 834. The van der Waals surface area contributed by atoms with Gasteiger partial charge in [0.05, 0.1) is 12.6 Å². The van der Waals surface area contributed by atoms with E-state index in [9.17, 15) is 4.79 Å². The largest absolute Gasteiger partial charge is 0.493 e. The molecule has 0 unspecified atom stereocenters. The van der Waals surface area contributed by atoms with Crippen molar-refractivity contribution in [2.24, 2.45) is 0 Å². The second-order valence-electron chi connectivity index (χ2n) is 8.50. The maximum atomic E-state index is 12.4. The van der Waals surface area contributed by atoms with Crippen molar-refractivity contribution in [2.45, 2.75) is 45.2 Å². The van der Waals surface area contributed by atoms with Crippen LogP contribution >= 0.6 is 0 Å². The van der Waals surface area contributed by atoms with E-state index in [2.05, 4.69) is 41.4 Å². The van der Waals surface area contributed by atoms with Crippen molar-refractivity contribution in [3.05, 3.63) is 65.2 Å². The van der Waals surface area contributed by atoms with Crippen LogP contribution in [-0.4, -0.2) is 48.6 Å². The molecular weight excluding hydrogens is 374 g/mol. The summed E-state index contributed by atoms with van der Waals surface area (Å²) < 4.78 is 6.03. The van der Waals surface area contributed by atoms with Gasteiger partial charge in [0.1, 0.15) is 5.75 Å². The lowest BCUT2D eigenvalue weighted by Gasteiger charge is -2.26. The minimum atomic E-state index is -0.000421. The van der Waals surface area contributed by atoms with Crippen molar-refractivity contribution < 1.29 is 9.53 Å². The number of carbonyl (C=O) groups is 1. The van der Waals surface area contributed by atoms with Gasteiger partial charge in [0.25, 0.3) is 0 Å². The van der Waals surface area contributed by atoms with E-state index in [1.165, 1.54) is 32.4 Å². The van der Waals surface area contributed by atoms with Crippen LogP contribution in [0.5, 0.6) is 5.75 Å². The number of benzene rings is 2. The van der Waals surface area contributed by atoms with Crippen LogP contribution in [0.1, 0.15) is 48.4 Å². The molecule has 2 aromatic rings. The van der Waals surface area contributed by atoms with Crippen molar-refractivity contribution >= 4 is 6.03 Å². The highest BCUT2D eigenvalue weighted by atomic mass is 16.5. The first-order valence-electron chi connectivity index (χ1n) is 11.2. The first-order chi connectivity index (χ1) is 14.7. The molecule has 2 fully saturated rings. The molecular formula is C25H33N3O2. The van der Waals surface area contributed by atoms with Crippen LogP contribution in [0.3, 0.4) is 0 Å². The number of hydrogen-bond acceptors (Lipinski definition) is 3. The summed E-state index contributed by atoms with van der Waals surface area (Å²) in [6, 6.07) is 16.5. The third kappa shape index (κ3) is 5.33. The zero-order valence-corrected chi connectivity index (χ0v) is 18.0. The lowest BCUT2D eigenvalue weighted by molar-refractivity contribution is 0.204. The zero-order valence-electron chi connectivity index (χ0n) is 18.0. The number of aryl methyl sites for hydroxylation is 1. The smallest absolute Gasteiger partial charge is 0.318 e. The Morgan fingerprint density at radius 3 is 2.63 bits per heavy atom. The molecule has 2 aliphatic rings. The normalized spacial score (nSPS) is 19.7. The van der Waals surface area contributed by atoms with Crippen LogP contribution in [0.15, 0.2) is 48.5 Å². The molecule has 0 bridgehead atoms. The Morgan fingerprint density at radius 1 is 1.07 bits per heavy atom. The van der Waals surface area contributed by atoms with Crippen molar-refractivity contribution in [3.8, 4) is 5.75 Å². The summed E-state index contributed by atoms with van der Waals surface area (Å²) in [5.41, 5.74) is 3.42. The molecule has 1 N–H and O–H groups in total. The van der Waals surface area contributed by atoms with Gasteiger partial charge in [-0.15, -0.1) is 0 Å². The van der Waals surface area contributed by atoms with Gasteiger partial charge in [0.15, 0.2) is 0 Å². The third-order valence-electron chi connectivity index (χ3n) is 6.13. The Labute approximate surface area is 180 Å². The predicted octanol–water partition coefficient (Wildman–Crippen LogP) is 4.52. The van der Waals surface area contributed by atoms with E-state index >= 15 is 0 Å². The predicted molar refractivity (Wildman–Crippen MR) is 120 cm³/mol. The molecule has 5 nitrogen and oxygen atoms in total. The molecule has 2 amide bonds. The van der Waals surface area contributed by atoms with Gasteiger partial charge in [-0.3, -0.25) is 0 Å². The summed E-state index contributed by atoms with van der Waals surface area (Å²) in [6.07, 6.45) is 5.12. The minimum absolute atomic E-state index is 0.000421. The van der Waals surface area contributed by atoms with E-state index in [-0.39, 0.29) is 12.1 Å². The first-order valence-corrected chi connectivity index (χ1v) is 11.2. The SMILES string of the molecule is Cc1cc(CN2C[C@H](c3ccccc3)NC2=O)ccc1OCCCN1CCCCC1. The van der Waals surface area contributed by atoms with Gasteiger partial charge >= 0.3 is 6.03 Å². The Kier molecular flexibility index (Phi) is 6.90. The highest BCUT2D eigenvalue weighted by molar-refractivity contribution is 5.77. The monoisotopic (exact) mass is 407 g/mol. The molecule has 4 rings (SSSR count). The number of piperidine rings is 1. The van der Waals surface area contributed by atoms with E-state index in [0.29, 0.717) is 13.1 Å². The molecule has 160 valence electrons. The van der Waals surface area contributed by atoms with E-state index in [0.717, 1.165) is 42.0 Å². The highest BCUT2D eigenvalue weighted by Crippen LogP contribution is 2.24. The van der Waals surface area contributed by atoms with Gasteiger partial charge in [0, 0.05) is 19.6 Å². The van der Waals surface area contributed by atoms with Crippen molar-refractivity contribution in [3.63, 3.8) is 0 Å². The molecule has 0 radical (unpaired) electrons. The lowest BCUT2D eigenvalue weighted by Crippen LogP contribution is -2.31. The number of rotatable bonds is 8. The molecule has 0 spiro atoms. The Balaban J connectivity index is 1.26. The van der Waals surface area contributed by atoms with E-state index in [4.69, 9.17) is 4.74 Å². The van der Waals surface area contributed by atoms with Crippen LogP contribution in [0.4, 0.5) is 4.79 Å². The lowest BCUT2D eigenvalue weighted by atomic mass is 10.1. The molecule has 30 heavy (non-hydrogen) atoms. The van der Waals surface area contributed by atoms with Crippen LogP contribution in [0.25, 0.3) is 0 Å². The summed E-state index contributed by atoms with van der Waals surface area (Å²) in [7, 11) is 0. The highest BCUT2D eigenvalue weighted by Gasteiger charge is 2.29. The Hall–Kier alpha value is -2.53. The van der Waals surface area contributed by atoms with Gasteiger partial charge in [0.2, 0.25) is 0 Å². The molecule has 1 atom stereocenters. The molecule has 2 heterocycles. The number of amides is 2. The minimum Gasteiger partial charge on any atom is -0.493 e. The Morgan fingerprint density at radius 2 is 1.87 bits per heavy atom. The topological polar surface area (TPSA) is 44.8 Å². The number of nitrogens with zero attached hydrogens (tertiary/aromatic N) is 2. The van der Waals surface area contributed by atoms with Crippen LogP contribution in [0, 0.1) is 6.92 Å². The van der Waals surface area contributed by atoms with E-state index < -0.39 is 0 Å². The molecule has 0 aliphatic carbocycles.